The minimum Gasteiger partial charge on any atom is -0.493 e. The second kappa shape index (κ2) is 5.19. The Bertz CT molecular complexity index is 476. The predicted octanol–water partition coefficient (Wildman–Crippen LogP) is 3.43. The van der Waals surface area contributed by atoms with Crippen molar-refractivity contribution in [3.63, 3.8) is 0 Å². The van der Waals surface area contributed by atoms with E-state index in [1.165, 1.54) is 11.3 Å². The van der Waals surface area contributed by atoms with E-state index < -0.39 is 0 Å². The smallest absolute Gasteiger partial charge is 0.180 e. The summed E-state index contributed by atoms with van der Waals surface area (Å²) in [6.45, 7) is 5.01. The molecule has 0 spiro atoms. The summed E-state index contributed by atoms with van der Waals surface area (Å²) in [5.74, 6) is 1.44. The minimum atomic E-state index is 0.538. The Labute approximate surface area is 105 Å². The summed E-state index contributed by atoms with van der Waals surface area (Å²) in [7, 11) is 0. The van der Waals surface area contributed by atoms with Gasteiger partial charge in [-0.1, -0.05) is 25.2 Å². The van der Waals surface area contributed by atoms with Crippen LogP contribution in [0.5, 0.6) is 5.75 Å². The molecule has 4 heteroatoms. The van der Waals surface area contributed by atoms with Crippen LogP contribution in [0.2, 0.25) is 0 Å². The van der Waals surface area contributed by atoms with E-state index in [1.807, 2.05) is 24.3 Å². The van der Waals surface area contributed by atoms with E-state index in [1.54, 1.807) is 6.20 Å². The van der Waals surface area contributed by atoms with Crippen LogP contribution in [0.4, 0.5) is 5.13 Å². The van der Waals surface area contributed by atoms with Crippen LogP contribution in [-0.4, -0.2) is 11.6 Å². The molecule has 1 aromatic heterocycles. The maximum absolute atomic E-state index is 5.63. The number of hydrogen-bond donors (Lipinski definition) is 1. The van der Waals surface area contributed by atoms with Gasteiger partial charge >= 0.3 is 0 Å². The van der Waals surface area contributed by atoms with Crippen LogP contribution in [0.3, 0.4) is 0 Å². The van der Waals surface area contributed by atoms with Gasteiger partial charge in [-0.05, 0) is 35.7 Å². The zero-order valence-electron chi connectivity index (χ0n) is 10.0. The Hall–Kier alpha value is -1.55. The zero-order chi connectivity index (χ0) is 12.3. The Morgan fingerprint density at radius 3 is 2.53 bits per heavy atom. The molecule has 0 aliphatic carbocycles. The molecule has 90 valence electrons. The fourth-order valence-corrected chi connectivity index (χ4v) is 2.09. The fourth-order valence-electron chi connectivity index (χ4n) is 1.40. The molecule has 0 bridgehead atoms. The maximum Gasteiger partial charge on any atom is 0.180 e. The minimum absolute atomic E-state index is 0.538. The lowest BCUT2D eigenvalue weighted by atomic mass is 10.2. The van der Waals surface area contributed by atoms with Crippen molar-refractivity contribution >= 4 is 16.5 Å². The third-order valence-corrected chi connectivity index (χ3v) is 3.12. The molecule has 0 atom stereocenters. The van der Waals surface area contributed by atoms with Gasteiger partial charge in [0.25, 0.3) is 0 Å². The van der Waals surface area contributed by atoms with Crippen molar-refractivity contribution in [1.82, 2.24) is 4.98 Å². The molecular weight excluding hydrogens is 232 g/mol. The Morgan fingerprint density at radius 1 is 1.29 bits per heavy atom. The number of thiazole rings is 1. The number of anilines is 1. The summed E-state index contributed by atoms with van der Waals surface area (Å²) >= 11 is 1.49. The molecule has 0 aliphatic heterocycles. The predicted molar refractivity (Wildman–Crippen MR) is 72.3 cm³/mol. The normalized spacial score (nSPS) is 10.8. The van der Waals surface area contributed by atoms with E-state index in [4.69, 9.17) is 10.5 Å². The van der Waals surface area contributed by atoms with E-state index in [9.17, 15) is 0 Å². The molecule has 2 aromatic rings. The second-order valence-corrected chi connectivity index (χ2v) is 5.35. The highest BCUT2D eigenvalue weighted by Crippen LogP contribution is 2.28. The molecule has 2 rings (SSSR count). The van der Waals surface area contributed by atoms with E-state index in [0.717, 1.165) is 22.8 Å². The number of benzene rings is 1. The number of ether oxygens (including phenoxy) is 1. The number of hydrogen-bond acceptors (Lipinski definition) is 4. The van der Waals surface area contributed by atoms with Gasteiger partial charge in [-0.15, -0.1) is 0 Å². The number of nitrogen functional groups attached to an aromatic ring is 1. The van der Waals surface area contributed by atoms with Crippen LogP contribution in [0, 0.1) is 5.92 Å². The number of aromatic nitrogens is 1. The average Bonchev–Trinajstić information content (AvgIpc) is 2.74. The molecule has 3 nitrogen and oxygen atoms in total. The standard InChI is InChI=1S/C13H16N2OS/c1-9(2)8-16-11-5-3-10(4-6-11)12-7-15-13(14)17-12/h3-7,9H,8H2,1-2H3,(H2,14,15). The molecule has 0 aliphatic rings. The summed E-state index contributed by atoms with van der Waals surface area (Å²) in [4.78, 5) is 5.12. The van der Waals surface area contributed by atoms with Crippen molar-refractivity contribution < 1.29 is 4.74 Å². The Balaban J connectivity index is 2.07. The van der Waals surface area contributed by atoms with Gasteiger partial charge in [0.2, 0.25) is 0 Å². The molecule has 17 heavy (non-hydrogen) atoms. The molecular formula is C13H16N2OS. The van der Waals surface area contributed by atoms with Crippen LogP contribution < -0.4 is 10.5 Å². The number of nitrogens with two attached hydrogens (primary N) is 1. The van der Waals surface area contributed by atoms with Gasteiger partial charge in [0.1, 0.15) is 5.75 Å². The molecule has 1 heterocycles. The molecule has 2 N–H and O–H groups in total. The van der Waals surface area contributed by atoms with Gasteiger partial charge in [-0.3, -0.25) is 0 Å². The molecule has 0 amide bonds. The van der Waals surface area contributed by atoms with Crippen LogP contribution in [0.1, 0.15) is 13.8 Å². The molecule has 1 aromatic carbocycles. The first-order chi connectivity index (χ1) is 8.15. The summed E-state index contributed by atoms with van der Waals surface area (Å²) in [6, 6.07) is 8.02. The lowest BCUT2D eigenvalue weighted by Gasteiger charge is -2.08. The summed E-state index contributed by atoms with van der Waals surface area (Å²) < 4.78 is 5.63. The summed E-state index contributed by atoms with van der Waals surface area (Å²) in [5, 5.41) is 0.597. The highest BCUT2D eigenvalue weighted by atomic mass is 32.1. The Morgan fingerprint density at radius 2 is 2.00 bits per heavy atom. The molecule has 0 saturated heterocycles. The summed E-state index contributed by atoms with van der Waals surface area (Å²) in [6.07, 6.45) is 1.80. The quantitative estimate of drug-likeness (QED) is 0.901. The monoisotopic (exact) mass is 248 g/mol. The van der Waals surface area contributed by atoms with E-state index >= 15 is 0 Å². The van der Waals surface area contributed by atoms with Crippen LogP contribution in [-0.2, 0) is 0 Å². The molecule has 0 fully saturated rings. The lowest BCUT2D eigenvalue weighted by Crippen LogP contribution is -2.04. The fraction of sp³-hybridized carbons (Fsp3) is 0.308. The molecule has 0 saturated carbocycles. The van der Waals surface area contributed by atoms with E-state index in [2.05, 4.69) is 18.8 Å². The van der Waals surface area contributed by atoms with Crippen LogP contribution in [0.25, 0.3) is 10.4 Å². The third kappa shape index (κ3) is 3.20. The van der Waals surface area contributed by atoms with E-state index in [-0.39, 0.29) is 0 Å². The van der Waals surface area contributed by atoms with Crippen molar-refractivity contribution in [2.24, 2.45) is 5.92 Å². The van der Waals surface area contributed by atoms with Crippen LogP contribution >= 0.6 is 11.3 Å². The van der Waals surface area contributed by atoms with E-state index in [0.29, 0.717) is 11.0 Å². The van der Waals surface area contributed by atoms with Crippen molar-refractivity contribution in [2.45, 2.75) is 13.8 Å². The largest absolute Gasteiger partial charge is 0.493 e. The van der Waals surface area contributed by atoms with Gasteiger partial charge < -0.3 is 10.5 Å². The van der Waals surface area contributed by atoms with Crippen LogP contribution in [0.15, 0.2) is 30.5 Å². The SMILES string of the molecule is CC(C)COc1ccc(-c2cnc(N)s2)cc1. The van der Waals surface area contributed by atoms with Gasteiger partial charge in [-0.2, -0.15) is 0 Å². The zero-order valence-corrected chi connectivity index (χ0v) is 10.8. The molecule has 0 radical (unpaired) electrons. The average molecular weight is 248 g/mol. The van der Waals surface area contributed by atoms with Gasteiger partial charge in [0.15, 0.2) is 5.13 Å². The van der Waals surface area contributed by atoms with Crippen molar-refractivity contribution in [2.75, 3.05) is 12.3 Å². The highest BCUT2D eigenvalue weighted by molar-refractivity contribution is 7.18. The van der Waals surface area contributed by atoms with Gasteiger partial charge in [0.05, 0.1) is 11.5 Å². The first kappa shape index (κ1) is 11.9. The van der Waals surface area contributed by atoms with Gasteiger partial charge in [0, 0.05) is 6.20 Å². The third-order valence-electron chi connectivity index (χ3n) is 2.25. The van der Waals surface area contributed by atoms with Crippen molar-refractivity contribution in [3.8, 4) is 16.2 Å². The second-order valence-electron chi connectivity index (χ2n) is 4.29. The number of rotatable bonds is 4. The van der Waals surface area contributed by atoms with Gasteiger partial charge in [-0.25, -0.2) is 4.98 Å². The number of nitrogens with zero attached hydrogens (tertiary/aromatic N) is 1. The first-order valence-electron chi connectivity index (χ1n) is 5.59. The van der Waals surface area contributed by atoms with Crippen molar-refractivity contribution in [3.05, 3.63) is 30.5 Å². The Kier molecular flexibility index (Phi) is 3.64. The maximum atomic E-state index is 5.63. The topological polar surface area (TPSA) is 48.1 Å². The summed E-state index contributed by atoms with van der Waals surface area (Å²) in [5.41, 5.74) is 6.73. The lowest BCUT2D eigenvalue weighted by molar-refractivity contribution is 0.271. The van der Waals surface area contributed by atoms with Crippen molar-refractivity contribution in [1.29, 1.82) is 0 Å². The highest BCUT2D eigenvalue weighted by Gasteiger charge is 2.03. The first-order valence-corrected chi connectivity index (χ1v) is 6.41. The molecule has 0 unspecified atom stereocenters.